The Morgan fingerprint density at radius 1 is 1.07 bits per heavy atom. The number of ether oxygens (including phenoxy) is 1. The first kappa shape index (κ1) is 21.7. The van der Waals surface area contributed by atoms with E-state index in [1.807, 2.05) is 26.0 Å². The maximum absolute atomic E-state index is 12.2. The number of benzene rings is 2. The topological polar surface area (TPSA) is 84.5 Å². The fourth-order valence-electron chi connectivity index (χ4n) is 2.40. The van der Waals surface area contributed by atoms with Crippen LogP contribution >= 0.6 is 23.2 Å². The van der Waals surface area contributed by atoms with E-state index in [1.165, 1.54) is 25.1 Å². The molecule has 0 saturated carbocycles. The van der Waals surface area contributed by atoms with Crippen molar-refractivity contribution in [3.8, 4) is 0 Å². The number of anilines is 1. The summed E-state index contributed by atoms with van der Waals surface area (Å²) in [5, 5.41) is 5.67. The summed E-state index contributed by atoms with van der Waals surface area (Å²) in [6.07, 6.45) is -1.02. The van der Waals surface area contributed by atoms with Crippen LogP contribution in [0.15, 0.2) is 36.4 Å². The van der Waals surface area contributed by atoms with Gasteiger partial charge in [-0.05, 0) is 50.6 Å². The number of hydrogen-bond donors (Lipinski definition) is 2. The van der Waals surface area contributed by atoms with Gasteiger partial charge in [-0.25, -0.2) is 0 Å². The van der Waals surface area contributed by atoms with Gasteiger partial charge in [0, 0.05) is 10.7 Å². The van der Waals surface area contributed by atoms with Crippen LogP contribution in [-0.4, -0.2) is 30.4 Å². The second-order valence-corrected chi connectivity index (χ2v) is 7.09. The third-order valence-corrected chi connectivity index (χ3v) is 4.43. The maximum atomic E-state index is 12.2. The molecule has 0 aliphatic carbocycles. The SMILES string of the molecule is Cc1ccc(NC(=O)C(C)OC(=O)CNC(=O)c2ccc(Cl)cc2Cl)c(C)c1. The molecule has 0 bridgehead atoms. The van der Waals surface area contributed by atoms with Crippen molar-refractivity contribution in [2.45, 2.75) is 26.9 Å². The van der Waals surface area contributed by atoms with E-state index in [0.717, 1.165) is 11.1 Å². The van der Waals surface area contributed by atoms with Crippen molar-refractivity contribution in [2.75, 3.05) is 11.9 Å². The Morgan fingerprint density at radius 2 is 1.79 bits per heavy atom. The number of rotatable bonds is 6. The molecule has 1 unspecified atom stereocenters. The quantitative estimate of drug-likeness (QED) is 0.690. The van der Waals surface area contributed by atoms with Gasteiger partial charge in [-0.2, -0.15) is 0 Å². The van der Waals surface area contributed by atoms with Gasteiger partial charge in [-0.3, -0.25) is 14.4 Å². The highest BCUT2D eigenvalue weighted by Crippen LogP contribution is 2.20. The summed E-state index contributed by atoms with van der Waals surface area (Å²) in [5.74, 6) is -1.76. The molecule has 2 aromatic carbocycles. The van der Waals surface area contributed by atoms with Crippen molar-refractivity contribution < 1.29 is 19.1 Å². The molecule has 0 radical (unpaired) electrons. The van der Waals surface area contributed by atoms with Gasteiger partial charge in [0.05, 0.1) is 10.6 Å². The van der Waals surface area contributed by atoms with Gasteiger partial charge in [-0.1, -0.05) is 40.9 Å². The number of carbonyl (C=O) groups excluding carboxylic acids is 3. The molecule has 0 aliphatic heterocycles. The van der Waals surface area contributed by atoms with E-state index in [9.17, 15) is 14.4 Å². The Labute approximate surface area is 173 Å². The average molecular weight is 423 g/mol. The lowest BCUT2D eigenvalue weighted by molar-refractivity contribution is -0.152. The van der Waals surface area contributed by atoms with E-state index >= 15 is 0 Å². The number of amides is 2. The average Bonchev–Trinajstić information content (AvgIpc) is 2.62. The van der Waals surface area contributed by atoms with Gasteiger partial charge in [0.25, 0.3) is 11.8 Å². The highest BCUT2D eigenvalue weighted by Gasteiger charge is 2.19. The predicted octanol–water partition coefficient (Wildman–Crippen LogP) is 3.91. The smallest absolute Gasteiger partial charge is 0.326 e. The molecule has 0 fully saturated rings. The third-order valence-electron chi connectivity index (χ3n) is 3.89. The Hall–Kier alpha value is -2.57. The predicted molar refractivity (Wildman–Crippen MR) is 109 cm³/mol. The molecule has 0 spiro atoms. The zero-order valence-electron chi connectivity index (χ0n) is 15.6. The Bertz CT molecular complexity index is 915. The molecular weight excluding hydrogens is 403 g/mol. The molecule has 0 heterocycles. The zero-order valence-corrected chi connectivity index (χ0v) is 17.1. The zero-order chi connectivity index (χ0) is 20.8. The van der Waals surface area contributed by atoms with Crippen molar-refractivity contribution >= 4 is 46.7 Å². The molecule has 2 rings (SSSR count). The molecule has 148 valence electrons. The van der Waals surface area contributed by atoms with Crippen LogP contribution in [0.2, 0.25) is 10.0 Å². The minimum absolute atomic E-state index is 0.166. The van der Waals surface area contributed by atoms with Gasteiger partial charge >= 0.3 is 5.97 Å². The molecule has 8 heteroatoms. The van der Waals surface area contributed by atoms with Gasteiger partial charge in [0.1, 0.15) is 6.54 Å². The van der Waals surface area contributed by atoms with Crippen molar-refractivity contribution in [1.29, 1.82) is 0 Å². The van der Waals surface area contributed by atoms with E-state index < -0.39 is 30.4 Å². The van der Waals surface area contributed by atoms with Crippen LogP contribution in [-0.2, 0) is 14.3 Å². The number of carbonyl (C=O) groups is 3. The number of nitrogens with one attached hydrogen (secondary N) is 2. The van der Waals surface area contributed by atoms with Gasteiger partial charge in [-0.15, -0.1) is 0 Å². The van der Waals surface area contributed by atoms with Crippen molar-refractivity contribution in [1.82, 2.24) is 5.32 Å². The summed E-state index contributed by atoms with van der Waals surface area (Å²) in [4.78, 5) is 36.2. The third kappa shape index (κ3) is 5.97. The van der Waals surface area contributed by atoms with Gasteiger partial charge in [0.2, 0.25) is 0 Å². The highest BCUT2D eigenvalue weighted by molar-refractivity contribution is 6.36. The molecule has 28 heavy (non-hydrogen) atoms. The lowest BCUT2D eigenvalue weighted by atomic mass is 10.1. The summed E-state index contributed by atoms with van der Waals surface area (Å²) in [7, 11) is 0. The van der Waals surface area contributed by atoms with E-state index in [0.29, 0.717) is 10.7 Å². The van der Waals surface area contributed by atoms with E-state index in [1.54, 1.807) is 6.07 Å². The van der Waals surface area contributed by atoms with Gasteiger partial charge in [0.15, 0.2) is 6.10 Å². The molecule has 0 aromatic heterocycles. The Morgan fingerprint density at radius 3 is 2.43 bits per heavy atom. The second-order valence-electron chi connectivity index (χ2n) is 6.25. The summed E-state index contributed by atoms with van der Waals surface area (Å²) in [6, 6.07) is 9.98. The monoisotopic (exact) mass is 422 g/mol. The van der Waals surface area contributed by atoms with Crippen LogP contribution < -0.4 is 10.6 Å². The fraction of sp³-hybridized carbons (Fsp3) is 0.250. The molecule has 1 atom stereocenters. The van der Waals surface area contributed by atoms with Gasteiger partial charge < -0.3 is 15.4 Å². The lowest BCUT2D eigenvalue weighted by Gasteiger charge is -2.15. The summed E-state index contributed by atoms with van der Waals surface area (Å²) < 4.78 is 5.06. The van der Waals surface area contributed by atoms with Crippen molar-refractivity contribution in [3.05, 3.63) is 63.1 Å². The molecule has 0 aliphatic rings. The largest absolute Gasteiger partial charge is 0.451 e. The first-order valence-corrected chi connectivity index (χ1v) is 9.24. The van der Waals surface area contributed by atoms with Crippen LogP contribution in [0.3, 0.4) is 0 Å². The lowest BCUT2D eigenvalue weighted by Crippen LogP contribution is -2.36. The molecule has 2 N–H and O–H groups in total. The van der Waals surface area contributed by atoms with Crippen LogP contribution in [0.1, 0.15) is 28.4 Å². The fourth-order valence-corrected chi connectivity index (χ4v) is 2.90. The summed E-state index contributed by atoms with van der Waals surface area (Å²) in [6.45, 7) is 4.87. The maximum Gasteiger partial charge on any atom is 0.326 e. The molecular formula is C20H20Cl2N2O4. The molecule has 0 saturated heterocycles. The van der Waals surface area contributed by atoms with Crippen LogP contribution in [0, 0.1) is 13.8 Å². The highest BCUT2D eigenvalue weighted by atomic mass is 35.5. The first-order chi connectivity index (χ1) is 13.2. The molecule has 6 nitrogen and oxygen atoms in total. The van der Waals surface area contributed by atoms with Crippen LogP contribution in [0.5, 0.6) is 0 Å². The van der Waals surface area contributed by atoms with Crippen LogP contribution in [0.25, 0.3) is 0 Å². The summed E-state index contributed by atoms with van der Waals surface area (Å²) in [5.41, 5.74) is 2.80. The van der Waals surface area contributed by atoms with Crippen LogP contribution in [0.4, 0.5) is 5.69 Å². The van der Waals surface area contributed by atoms with E-state index in [-0.39, 0.29) is 10.6 Å². The second kappa shape index (κ2) is 9.57. The van der Waals surface area contributed by atoms with Crippen molar-refractivity contribution in [2.24, 2.45) is 0 Å². The van der Waals surface area contributed by atoms with E-state index in [2.05, 4.69) is 10.6 Å². The number of esters is 1. The number of hydrogen-bond acceptors (Lipinski definition) is 4. The van der Waals surface area contributed by atoms with E-state index in [4.69, 9.17) is 27.9 Å². The molecule has 2 amide bonds. The Kier molecular flexibility index (Phi) is 7.43. The standard InChI is InChI=1S/C20H20Cl2N2O4/c1-11-4-7-17(12(2)8-11)24-19(26)13(3)28-18(25)10-23-20(27)15-6-5-14(21)9-16(15)22/h4-9,13H,10H2,1-3H3,(H,23,27)(H,24,26). The molecule has 2 aromatic rings. The Balaban J connectivity index is 1.86. The number of aryl methyl sites for hydroxylation is 2. The summed E-state index contributed by atoms with van der Waals surface area (Å²) >= 11 is 11.7. The first-order valence-electron chi connectivity index (χ1n) is 8.48. The number of halogens is 2. The normalized spacial score (nSPS) is 11.5. The van der Waals surface area contributed by atoms with Crippen molar-refractivity contribution in [3.63, 3.8) is 0 Å². The minimum atomic E-state index is -1.02. The minimum Gasteiger partial charge on any atom is -0.451 e.